The van der Waals surface area contributed by atoms with Crippen LogP contribution in [0.25, 0.3) is 17.5 Å². The second kappa shape index (κ2) is 11.5. The Kier molecular flexibility index (Phi) is 7.99. The van der Waals surface area contributed by atoms with Crippen LogP contribution in [0.3, 0.4) is 0 Å². The van der Waals surface area contributed by atoms with Gasteiger partial charge in [-0.1, -0.05) is 30.3 Å². The van der Waals surface area contributed by atoms with Crippen LogP contribution in [0, 0.1) is 0 Å². The van der Waals surface area contributed by atoms with E-state index in [9.17, 15) is 9.59 Å². The molecule has 1 unspecified atom stereocenters. The highest BCUT2D eigenvalue weighted by Crippen LogP contribution is 2.30. The predicted octanol–water partition coefficient (Wildman–Crippen LogP) is 4.52. The van der Waals surface area contributed by atoms with Crippen LogP contribution in [0.1, 0.15) is 43.6 Å². The number of anilines is 1. The van der Waals surface area contributed by atoms with Gasteiger partial charge in [-0.3, -0.25) is 9.59 Å². The van der Waals surface area contributed by atoms with Crippen LogP contribution in [-0.2, 0) is 9.59 Å². The highest BCUT2D eigenvalue weighted by molar-refractivity contribution is 5.92. The lowest BCUT2D eigenvalue weighted by Gasteiger charge is -2.30. The second-order valence-corrected chi connectivity index (χ2v) is 8.51. The lowest BCUT2D eigenvalue weighted by atomic mass is 9.98. The van der Waals surface area contributed by atoms with Crippen molar-refractivity contribution in [1.29, 1.82) is 0 Å². The molecule has 0 saturated carbocycles. The Morgan fingerprint density at radius 1 is 1.17 bits per heavy atom. The molecular weight excluding hydrogens is 460 g/mol. The van der Waals surface area contributed by atoms with Crippen molar-refractivity contribution >= 4 is 23.6 Å². The van der Waals surface area contributed by atoms with E-state index in [-0.39, 0.29) is 17.7 Å². The fourth-order valence-electron chi connectivity index (χ4n) is 4.11. The zero-order valence-corrected chi connectivity index (χ0v) is 20.7. The summed E-state index contributed by atoms with van der Waals surface area (Å²) >= 11 is 0. The highest BCUT2D eigenvalue weighted by Gasteiger charge is 2.28. The Morgan fingerprint density at radius 2 is 2.00 bits per heavy atom. The van der Waals surface area contributed by atoms with E-state index in [1.165, 1.54) is 0 Å². The molecule has 0 radical (unpaired) electrons. The molecule has 2 heterocycles. The van der Waals surface area contributed by atoms with Crippen LogP contribution in [-0.4, -0.2) is 54.2 Å². The molecule has 1 N–H and O–H groups in total. The van der Waals surface area contributed by atoms with Gasteiger partial charge in [0, 0.05) is 36.8 Å². The molecule has 4 rings (SSSR count). The number of carbonyl (C=O) groups excluding carboxylic acids is 2. The molecule has 3 aromatic rings. The molecule has 0 aliphatic carbocycles. The van der Waals surface area contributed by atoms with E-state index < -0.39 is 0 Å². The Bertz CT molecular complexity index is 1250. The molecule has 1 aliphatic heterocycles. The van der Waals surface area contributed by atoms with Crippen LogP contribution in [0.2, 0.25) is 0 Å². The van der Waals surface area contributed by atoms with Crippen molar-refractivity contribution in [3.8, 4) is 22.9 Å². The number of aromatic nitrogens is 2. The van der Waals surface area contributed by atoms with Gasteiger partial charge in [0.25, 0.3) is 0 Å². The minimum atomic E-state index is -0.0754. The first-order valence-electron chi connectivity index (χ1n) is 11.9. The maximum atomic E-state index is 12.9. The SMILES string of the molecule is CCC(=O)Nc1cccc(-c2noc(C3CCCN(C(=O)C=Cc4ccc(OC)c(OC)c4)C3)n2)c1. The molecule has 9 nitrogen and oxygen atoms in total. The van der Waals surface area contributed by atoms with Crippen molar-refractivity contribution in [2.24, 2.45) is 0 Å². The summed E-state index contributed by atoms with van der Waals surface area (Å²) in [5.74, 6) is 2.03. The topological polar surface area (TPSA) is 107 Å². The average Bonchev–Trinajstić information content (AvgIpc) is 3.42. The summed E-state index contributed by atoms with van der Waals surface area (Å²) in [6, 6.07) is 12.8. The van der Waals surface area contributed by atoms with Gasteiger partial charge in [-0.2, -0.15) is 4.98 Å². The van der Waals surface area contributed by atoms with Crippen molar-refractivity contribution in [2.75, 3.05) is 32.6 Å². The average molecular weight is 491 g/mol. The summed E-state index contributed by atoms with van der Waals surface area (Å²) in [4.78, 5) is 31.0. The van der Waals surface area contributed by atoms with E-state index in [4.69, 9.17) is 14.0 Å². The standard InChI is InChI=1S/C27H30N4O5/c1-4-24(32)28-21-9-5-7-19(16-21)26-29-27(36-30-26)20-8-6-14-31(17-20)25(33)13-11-18-10-12-22(34-2)23(15-18)35-3/h5,7,9-13,15-16,20H,4,6,8,14,17H2,1-3H3,(H,28,32). The van der Waals surface area contributed by atoms with Gasteiger partial charge in [-0.25, -0.2) is 0 Å². The van der Waals surface area contributed by atoms with Crippen LogP contribution in [0.4, 0.5) is 5.69 Å². The Hall–Kier alpha value is -4.14. The molecule has 1 saturated heterocycles. The molecule has 1 atom stereocenters. The zero-order chi connectivity index (χ0) is 25.5. The summed E-state index contributed by atoms with van der Waals surface area (Å²) in [7, 11) is 3.16. The van der Waals surface area contributed by atoms with Crippen LogP contribution in [0.15, 0.2) is 53.1 Å². The number of rotatable bonds is 8. The number of amides is 2. The van der Waals surface area contributed by atoms with Crippen LogP contribution >= 0.6 is 0 Å². The highest BCUT2D eigenvalue weighted by atomic mass is 16.5. The monoisotopic (exact) mass is 490 g/mol. The fraction of sp³-hybridized carbons (Fsp3) is 0.333. The first-order valence-corrected chi connectivity index (χ1v) is 11.9. The predicted molar refractivity (Wildman–Crippen MR) is 136 cm³/mol. The molecule has 2 amide bonds. The van der Waals surface area contributed by atoms with Gasteiger partial charge in [0.15, 0.2) is 11.5 Å². The van der Waals surface area contributed by atoms with Gasteiger partial charge in [-0.05, 0) is 48.7 Å². The number of hydrogen-bond donors (Lipinski definition) is 1. The zero-order valence-electron chi connectivity index (χ0n) is 20.7. The number of methoxy groups -OCH3 is 2. The Labute approximate surface area is 210 Å². The van der Waals surface area contributed by atoms with E-state index in [0.717, 1.165) is 24.0 Å². The van der Waals surface area contributed by atoms with E-state index >= 15 is 0 Å². The maximum Gasteiger partial charge on any atom is 0.246 e. The third-order valence-corrected chi connectivity index (χ3v) is 6.08. The Morgan fingerprint density at radius 3 is 2.78 bits per heavy atom. The molecule has 0 bridgehead atoms. The summed E-state index contributed by atoms with van der Waals surface area (Å²) < 4.78 is 16.2. The van der Waals surface area contributed by atoms with Crippen molar-refractivity contribution < 1.29 is 23.6 Å². The van der Waals surface area contributed by atoms with Crippen molar-refractivity contribution in [2.45, 2.75) is 32.1 Å². The maximum absolute atomic E-state index is 12.9. The number of nitrogens with one attached hydrogen (secondary N) is 1. The number of ether oxygens (including phenoxy) is 2. The third kappa shape index (κ3) is 5.91. The number of nitrogens with zero attached hydrogens (tertiary/aromatic N) is 3. The molecule has 36 heavy (non-hydrogen) atoms. The molecule has 1 aliphatic rings. The van der Waals surface area contributed by atoms with Gasteiger partial charge in [-0.15, -0.1) is 0 Å². The molecule has 9 heteroatoms. The summed E-state index contributed by atoms with van der Waals surface area (Å²) in [5.41, 5.74) is 2.27. The van der Waals surface area contributed by atoms with E-state index in [0.29, 0.717) is 48.4 Å². The van der Waals surface area contributed by atoms with E-state index in [2.05, 4.69) is 15.5 Å². The summed E-state index contributed by atoms with van der Waals surface area (Å²) in [6.45, 7) is 2.98. The molecule has 1 fully saturated rings. The molecule has 188 valence electrons. The van der Waals surface area contributed by atoms with Crippen LogP contribution in [0.5, 0.6) is 11.5 Å². The Balaban J connectivity index is 1.42. The second-order valence-electron chi connectivity index (χ2n) is 8.51. The molecule has 1 aromatic heterocycles. The molecular formula is C27H30N4O5. The summed E-state index contributed by atoms with van der Waals surface area (Å²) in [6.07, 6.45) is 5.44. The number of benzene rings is 2. The fourth-order valence-corrected chi connectivity index (χ4v) is 4.11. The molecule has 2 aromatic carbocycles. The first-order chi connectivity index (χ1) is 17.5. The van der Waals surface area contributed by atoms with Crippen LogP contribution < -0.4 is 14.8 Å². The normalized spacial score (nSPS) is 15.6. The lowest BCUT2D eigenvalue weighted by molar-refractivity contribution is -0.127. The first kappa shape index (κ1) is 25.0. The largest absolute Gasteiger partial charge is 0.493 e. The number of carbonyl (C=O) groups is 2. The smallest absolute Gasteiger partial charge is 0.246 e. The van der Waals surface area contributed by atoms with E-state index in [1.54, 1.807) is 44.3 Å². The van der Waals surface area contributed by atoms with Crippen molar-refractivity contribution in [3.05, 3.63) is 60.0 Å². The van der Waals surface area contributed by atoms with Gasteiger partial charge in [0.1, 0.15) is 0 Å². The summed E-state index contributed by atoms with van der Waals surface area (Å²) in [5, 5.41) is 6.98. The lowest BCUT2D eigenvalue weighted by Crippen LogP contribution is -2.38. The number of piperidine rings is 1. The minimum absolute atomic E-state index is 0.0404. The van der Waals surface area contributed by atoms with Gasteiger partial charge < -0.3 is 24.2 Å². The third-order valence-electron chi connectivity index (χ3n) is 6.08. The quantitative estimate of drug-likeness (QED) is 0.463. The van der Waals surface area contributed by atoms with E-state index in [1.807, 2.05) is 36.4 Å². The van der Waals surface area contributed by atoms with Gasteiger partial charge >= 0.3 is 0 Å². The molecule has 0 spiro atoms. The van der Waals surface area contributed by atoms with Crippen molar-refractivity contribution in [1.82, 2.24) is 15.0 Å². The number of hydrogen-bond acceptors (Lipinski definition) is 7. The van der Waals surface area contributed by atoms with Gasteiger partial charge in [0.05, 0.1) is 20.1 Å². The van der Waals surface area contributed by atoms with Crippen molar-refractivity contribution in [3.63, 3.8) is 0 Å². The number of likely N-dealkylation sites (tertiary alicyclic amines) is 1. The van der Waals surface area contributed by atoms with Gasteiger partial charge in [0.2, 0.25) is 23.5 Å². The minimum Gasteiger partial charge on any atom is -0.493 e.